The largest absolute Gasteiger partial charge is 0.389 e. The zero-order valence-corrected chi connectivity index (χ0v) is 9.90. The quantitative estimate of drug-likeness (QED) is 0.785. The molecule has 3 nitrogen and oxygen atoms in total. The van der Waals surface area contributed by atoms with Crippen LogP contribution in [-0.4, -0.2) is 15.1 Å². The van der Waals surface area contributed by atoms with E-state index in [0.29, 0.717) is 11.3 Å². The highest BCUT2D eigenvalue weighted by molar-refractivity contribution is 6.66. The Labute approximate surface area is 97.0 Å². The van der Waals surface area contributed by atoms with Crippen LogP contribution in [0.2, 0.25) is 0 Å². The van der Waals surface area contributed by atoms with Gasteiger partial charge >= 0.3 is 0 Å². The number of hydrogen-bond acceptors (Lipinski definition) is 3. The normalized spacial score (nSPS) is 14.1. The maximum absolute atomic E-state index is 9.32. The number of hydrogen-bond donors (Lipinski definition) is 1. The molecule has 1 unspecified atom stereocenters. The lowest BCUT2D eigenvalue weighted by Gasteiger charge is -2.12. The van der Waals surface area contributed by atoms with Gasteiger partial charge in [0, 0.05) is 17.5 Å². The molecule has 0 radical (unpaired) electrons. The first-order valence-electron chi connectivity index (χ1n) is 3.91. The van der Waals surface area contributed by atoms with Gasteiger partial charge < -0.3 is 5.11 Å². The molecule has 0 bridgehead atoms. The highest BCUT2D eigenvalue weighted by atomic mass is 35.6. The summed E-state index contributed by atoms with van der Waals surface area (Å²) in [5, 5.41) is 9.32. The van der Waals surface area contributed by atoms with E-state index < -0.39 is 9.90 Å². The second-order valence-corrected chi connectivity index (χ2v) is 5.19. The second kappa shape index (κ2) is 4.19. The Morgan fingerprint density at radius 1 is 1.43 bits per heavy atom. The van der Waals surface area contributed by atoms with Crippen molar-refractivity contribution in [1.82, 2.24) is 9.97 Å². The Balaban J connectivity index is 3.13. The predicted octanol–water partition coefficient (Wildman–Crippen LogP) is 2.67. The van der Waals surface area contributed by atoms with Crippen LogP contribution in [0.15, 0.2) is 6.20 Å². The predicted molar refractivity (Wildman–Crippen MR) is 56.6 cm³/mol. The van der Waals surface area contributed by atoms with Gasteiger partial charge in [0.1, 0.15) is 0 Å². The van der Waals surface area contributed by atoms with E-state index in [-0.39, 0.29) is 5.82 Å². The lowest BCUT2D eigenvalue weighted by molar-refractivity contribution is 0.197. The van der Waals surface area contributed by atoms with Gasteiger partial charge in [0.15, 0.2) is 5.82 Å². The first-order valence-corrected chi connectivity index (χ1v) is 5.04. The number of aromatic nitrogens is 2. The molecule has 0 fully saturated rings. The van der Waals surface area contributed by atoms with Crippen LogP contribution in [0.4, 0.5) is 0 Å². The standard InChI is InChI=1S/C8H9Cl3N2O/c1-4-6(5(2)14)3-12-7(13-4)8(9,10)11/h3,5,14H,1-2H3. The number of halogens is 3. The molecule has 1 heterocycles. The minimum atomic E-state index is -1.62. The summed E-state index contributed by atoms with van der Waals surface area (Å²) in [5.41, 5.74) is 1.24. The van der Waals surface area contributed by atoms with E-state index in [0.717, 1.165) is 0 Å². The summed E-state index contributed by atoms with van der Waals surface area (Å²) in [6, 6.07) is 0. The van der Waals surface area contributed by atoms with Crippen LogP contribution in [0.1, 0.15) is 30.1 Å². The zero-order chi connectivity index (χ0) is 10.9. The van der Waals surface area contributed by atoms with Crippen molar-refractivity contribution in [2.24, 2.45) is 0 Å². The average molecular weight is 256 g/mol. The fourth-order valence-corrected chi connectivity index (χ4v) is 1.30. The molecular formula is C8H9Cl3N2O. The van der Waals surface area contributed by atoms with Gasteiger partial charge in [-0.1, -0.05) is 34.8 Å². The monoisotopic (exact) mass is 254 g/mol. The summed E-state index contributed by atoms with van der Waals surface area (Å²) in [6.45, 7) is 3.35. The van der Waals surface area contributed by atoms with E-state index in [1.54, 1.807) is 13.8 Å². The van der Waals surface area contributed by atoms with E-state index in [1.807, 2.05) is 0 Å². The van der Waals surface area contributed by atoms with Crippen molar-refractivity contribution in [3.63, 3.8) is 0 Å². The number of rotatable bonds is 1. The van der Waals surface area contributed by atoms with Crippen molar-refractivity contribution in [2.45, 2.75) is 23.7 Å². The summed E-state index contributed by atoms with van der Waals surface area (Å²) in [6.07, 6.45) is 0.837. The fraction of sp³-hybridized carbons (Fsp3) is 0.500. The SMILES string of the molecule is Cc1nc(C(Cl)(Cl)Cl)ncc1C(C)O. The van der Waals surface area contributed by atoms with Crippen LogP contribution < -0.4 is 0 Å². The van der Waals surface area contributed by atoms with E-state index in [9.17, 15) is 5.11 Å². The van der Waals surface area contributed by atoms with Crippen molar-refractivity contribution in [1.29, 1.82) is 0 Å². The second-order valence-electron chi connectivity index (χ2n) is 2.91. The van der Waals surface area contributed by atoms with Crippen LogP contribution in [0.5, 0.6) is 0 Å². The smallest absolute Gasteiger partial charge is 0.250 e. The summed E-state index contributed by atoms with van der Waals surface area (Å²) in [5.74, 6) is 0.115. The Morgan fingerprint density at radius 2 is 2.00 bits per heavy atom. The van der Waals surface area contributed by atoms with Crippen molar-refractivity contribution >= 4 is 34.8 Å². The van der Waals surface area contributed by atoms with Gasteiger partial charge in [0.05, 0.1) is 6.10 Å². The van der Waals surface area contributed by atoms with E-state index in [4.69, 9.17) is 34.8 Å². The third-order valence-electron chi connectivity index (χ3n) is 1.72. The Kier molecular flexibility index (Phi) is 3.58. The fourth-order valence-electron chi connectivity index (χ4n) is 1.02. The van der Waals surface area contributed by atoms with Crippen molar-refractivity contribution in [3.8, 4) is 0 Å². The molecule has 14 heavy (non-hydrogen) atoms. The van der Waals surface area contributed by atoms with Gasteiger partial charge in [0.25, 0.3) is 0 Å². The van der Waals surface area contributed by atoms with Crippen LogP contribution >= 0.6 is 34.8 Å². The molecule has 0 saturated heterocycles. The highest BCUT2D eigenvalue weighted by Gasteiger charge is 2.27. The molecule has 0 amide bonds. The molecule has 0 aliphatic rings. The molecule has 0 aliphatic carbocycles. The summed E-state index contributed by atoms with van der Waals surface area (Å²) in [4.78, 5) is 7.86. The van der Waals surface area contributed by atoms with Crippen molar-refractivity contribution in [2.75, 3.05) is 0 Å². The van der Waals surface area contributed by atoms with E-state index in [1.165, 1.54) is 6.20 Å². The van der Waals surface area contributed by atoms with Crippen LogP contribution in [0.25, 0.3) is 0 Å². The molecule has 1 aromatic heterocycles. The molecule has 0 aliphatic heterocycles. The topological polar surface area (TPSA) is 46.0 Å². The van der Waals surface area contributed by atoms with Crippen molar-refractivity contribution < 1.29 is 5.11 Å². The third kappa shape index (κ3) is 2.70. The van der Waals surface area contributed by atoms with Gasteiger partial charge in [-0.05, 0) is 13.8 Å². The van der Waals surface area contributed by atoms with Gasteiger partial charge in [-0.2, -0.15) is 0 Å². The molecule has 6 heteroatoms. The highest BCUT2D eigenvalue weighted by Crippen LogP contribution is 2.36. The summed E-state index contributed by atoms with van der Waals surface area (Å²) in [7, 11) is 0. The summed E-state index contributed by atoms with van der Waals surface area (Å²) >= 11 is 16.8. The number of alkyl halides is 3. The first-order chi connectivity index (χ1) is 6.32. The number of nitrogens with zero attached hydrogens (tertiary/aromatic N) is 2. The molecule has 0 saturated carbocycles. The maximum Gasteiger partial charge on any atom is 0.250 e. The van der Waals surface area contributed by atoms with Crippen LogP contribution in [-0.2, 0) is 3.79 Å². The summed E-state index contributed by atoms with van der Waals surface area (Å²) < 4.78 is -1.62. The molecule has 1 atom stereocenters. The molecule has 78 valence electrons. The number of aliphatic hydroxyl groups excluding tert-OH is 1. The Bertz CT molecular complexity index is 336. The maximum atomic E-state index is 9.32. The molecule has 1 aromatic rings. The Hall–Kier alpha value is -0.0900. The van der Waals surface area contributed by atoms with Crippen molar-refractivity contribution in [3.05, 3.63) is 23.3 Å². The van der Waals surface area contributed by atoms with Gasteiger partial charge in [-0.15, -0.1) is 0 Å². The average Bonchev–Trinajstić information content (AvgIpc) is 2.01. The number of aryl methyl sites for hydroxylation is 1. The van der Waals surface area contributed by atoms with Gasteiger partial charge in [-0.3, -0.25) is 0 Å². The van der Waals surface area contributed by atoms with Gasteiger partial charge in [0.2, 0.25) is 3.79 Å². The number of aliphatic hydroxyl groups is 1. The lowest BCUT2D eigenvalue weighted by Crippen LogP contribution is -2.10. The van der Waals surface area contributed by atoms with Gasteiger partial charge in [-0.25, -0.2) is 9.97 Å². The van der Waals surface area contributed by atoms with Crippen LogP contribution in [0, 0.1) is 6.92 Å². The third-order valence-corrected chi connectivity index (χ3v) is 2.23. The Morgan fingerprint density at radius 3 is 2.36 bits per heavy atom. The van der Waals surface area contributed by atoms with Crippen LogP contribution in [0.3, 0.4) is 0 Å². The minimum Gasteiger partial charge on any atom is -0.389 e. The molecule has 1 N–H and O–H groups in total. The molecule has 0 spiro atoms. The minimum absolute atomic E-state index is 0.115. The molecule has 0 aromatic carbocycles. The van der Waals surface area contributed by atoms with E-state index >= 15 is 0 Å². The molecular weight excluding hydrogens is 246 g/mol. The lowest BCUT2D eigenvalue weighted by atomic mass is 10.1. The zero-order valence-electron chi connectivity index (χ0n) is 7.63. The van der Waals surface area contributed by atoms with E-state index in [2.05, 4.69) is 9.97 Å². The molecule has 1 rings (SSSR count). The first kappa shape index (κ1) is 12.0.